The first-order valence-corrected chi connectivity index (χ1v) is 7.02. The van der Waals surface area contributed by atoms with E-state index < -0.39 is 29.0 Å². The third-order valence-corrected chi connectivity index (χ3v) is 3.57. The summed E-state index contributed by atoms with van der Waals surface area (Å²) in [5.41, 5.74) is -1.55. The van der Waals surface area contributed by atoms with Crippen molar-refractivity contribution < 1.29 is 22.4 Å². The fourth-order valence-corrected chi connectivity index (χ4v) is 2.47. The summed E-state index contributed by atoms with van der Waals surface area (Å²) in [7, 11) is 0. The minimum atomic E-state index is -4.83. The van der Waals surface area contributed by atoms with E-state index in [-0.39, 0.29) is 0 Å². The van der Waals surface area contributed by atoms with Gasteiger partial charge in [-0.3, -0.25) is 4.79 Å². The van der Waals surface area contributed by atoms with E-state index >= 15 is 0 Å². The lowest BCUT2D eigenvalue weighted by Gasteiger charge is -2.14. The van der Waals surface area contributed by atoms with Crippen LogP contribution in [-0.4, -0.2) is 5.91 Å². The van der Waals surface area contributed by atoms with Gasteiger partial charge in [0, 0.05) is 11.1 Å². The summed E-state index contributed by atoms with van der Waals surface area (Å²) in [4.78, 5) is 12.3. The Morgan fingerprint density at radius 2 is 1.62 bits per heavy atom. The van der Waals surface area contributed by atoms with Gasteiger partial charge in [0.15, 0.2) is 0 Å². The van der Waals surface area contributed by atoms with Crippen LogP contribution in [0.1, 0.15) is 15.9 Å². The molecule has 3 aromatic rings. The quantitative estimate of drug-likeness (QED) is 0.638. The van der Waals surface area contributed by atoms with Crippen LogP contribution in [0.15, 0.2) is 60.7 Å². The molecule has 6 heteroatoms. The second kappa shape index (κ2) is 5.96. The molecule has 1 N–H and O–H groups in total. The molecule has 0 aliphatic carbocycles. The third kappa shape index (κ3) is 3.08. The molecule has 122 valence electrons. The van der Waals surface area contributed by atoms with Crippen molar-refractivity contribution in [1.29, 1.82) is 0 Å². The predicted octanol–water partition coefficient (Wildman–Crippen LogP) is 5.25. The molecule has 0 aliphatic heterocycles. The van der Waals surface area contributed by atoms with Crippen LogP contribution in [0, 0.1) is 5.82 Å². The van der Waals surface area contributed by atoms with E-state index in [0.717, 1.165) is 17.5 Å². The van der Waals surface area contributed by atoms with E-state index in [0.29, 0.717) is 17.1 Å². The Hall–Kier alpha value is -2.89. The number of anilines is 1. The van der Waals surface area contributed by atoms with Gasteiger partial charge < -0.3 is 5.32 Å². The van der Waals surface area contributed by atoms with Crippen molar-refractivity contribution in [3.8, 4) is 0 Å². The van der Waals surface area contributed by atoms with Gasteiger partial charge in [0.1, 0.15) is 5.82 Å². The van der Waals surface area contributed by atoms with Crippen molar-refractivity contribution in [2.24, 2.45) is 0 Å². The first-order chi connectivity index (χ1) is 11.4. The number of halogens is 4. The third-order valence-electron chi connectivity index (χ3n) is 3.57. The molecule has 24 heavy (non-hydrogen) atoms. The Morgan fingerprint density at radius 1 is 0.917 bits per heavy atom. The van der Waals surface area contributed by atoms with E-state index in [1.807, 2.05) is 18.2 Å². The molecule has 2 nitrogen and oxygen atoms in total. The average Bonchev–Trinajstić information content (AvgIpc) is 2.54. The second-order valence-electron chi connectivity index (χ2n) is 5.17. The van der Waals surface area contributed by atoms with Gasteiger partial charge in [-0.15, -0.1) is 0 Å². The predicted molar refractivity (Wildman–Crippen MR) is 83.3 cm³/mol. The first kappa shape index (κ1) is 16.0. The highest BCUT2D eigenvalue weighted by Crippen LogP contribution is 2.33. The highest BCUT2D eigenvalue weighted by molar-refractivity contribution is 6.09. The zero-order valence-corrected chi connectivity index (χ0v) is 12.2. The minimum absolute atomic E-state index is 0.317. The number of hydrogen-bond acceptors (Lipinski definition) is 1. The van der Waals surface area contributed by atoms with E-state index in [1.165, 1.54) is 0 Å². The fraction of sp³-hybridized carbons (Fsp3) is 0.0556. The Balaban J connectivity index is 2.01. The molecule has 0 unspecified atom stereocenters. The number of nitrogens with one attached hydrogen (secondary N) is 1. The first-order valence-electron chi connectivity index (χ1n) is 7.02. The van der Waals surface area contributed by atoms with Crippen LogP contribution in [0.5, 0.6) is 0 Å². The van der Waals surface area contributed by atoms with Crippen molar-refractivity contribution >= 4 is 22.4 Å². The molecule has 0 aromatic heterocycles. The number of amides is 1. The number of carbonyl (C=O) groups is 1. The van der Waals surface area contributed by atoms with E-state index in [2.05, 4.69) is 5.32 Å². The lowest BCUT2D eigenvalue weighted by atomic mass is 10.0. The summed E-state index contributed by atoms with van der Waals surface area (Å²) in [6, 6.07) is 14.2. The second-order valence-corrected chi connectivity index (χ2v) is 5.17. The number of hydrogen-bond donors (Lipinski definition) is 1. The molecule has 0 fully saturated rings. The van der Waals surface area contributed by atoms with Gasteiger partial charge in [-0.1, -0.05) is 36.4 Å². The molecule has 0 radical (unpaired) electrons. The lowest BCUT2D eigenvalue weighted by Crippen LogP contribution is -2.19. The molecule has 0 spiro atoms. The summed E-state index contributed by atoms with van der Waals surface area (Å²) in [6.07, 6.45) is -4.83. The molecular formula is C18H11F4NO. The fourth-order valence-electron chi connectivity index (χ4n) is 2.47. The highest BCUT2D eigenvalue weighted by Gasteiger charge is 2.35. The Labute approximate surface area is 134 Å². The van der Waals surface area contributed by atoms with Gasteiger partial charge in [0.25, 0.3) is 5.91 Å². The molecule has 1 amide bonds. The molecule has 0 bridgehead atoms. The number of fused-ring (bicyclic) bond motifs is 1. The number of alkyl halides is 3. The van der Waals surface area contributed by atoms with Crippen LogP contribution in [0.2, 0.25) is 0 Å². The van der Waals surface area contributed by atoms with E-state index in [9.17, 15) is 22.4 Å². The van der Waals surface area contributed by atoms with Crippen LogP contribution >= 0.6 is 0 Å². The van der Waals surface area contributed by atoms with Gasteiger partial charge in [-0.2, -0.15) is 13.2 Å². The summed E-state index contributed by atoms with van der Waals surface area (Å²) in [6.45, 7) is 0. The van der Waals surface area contributed by atoms with Gasteiger partial charge in [-0.25, -0.2) is 4.39 Å². The van der Waals surface area contributed by atoms with Crippen molar-refractivity contribution in [1.82, 2.24) is 0 Å². The maximum Gasteiger partial charge on any atom is 0.417 e. The van der Waals surface area contributed by atoms with Crippen molar-refractivity contribution in [2.45, 2.75) is 6.18 Å². The van der Waals surface area contributed by atoms with Crippen LogP contribution in [0.3, 0.4) is 0 Å². The molecule has 0 heterocycles. The van der Waals surface area contributed by atoms with Crippen LogP contribution < -0.4 is 5.32 Å². The van der Waals surface area contributed by atoms with Crippen LogP contribution in [-0.2, 0) is 6.18 Å². The highest BCUT2D eigenvalue weighted by atomic mass is 19.4. The Bertz CT molecular complexity index is 913. The number of carbonyl (C=O) groups excluding carboxylic acids is 1. The number of benzene rings is 3. The molecule has 0 saturated carbocycles. The molecule has 3 rings (SSSR count). The molecule has 0 saturated heterocycles. The molecular weight excluding hydrogens is 322 g/mol. The smallest absolute Gasteiger partial charge is 0.321 e. The SMILES string of the molecule is O=C(Nc1cccc2ccccc12)c1ccc(F)cc1C(F)(F)F. The number of rotatable bonds is 2. The van der Waals surface area contributed by atoms with Gasteiger partial charge in [0.2, 0.25) is 0 Å². The summed E-state index contributed by atoms with van der Waals surface area (Å²) in [5.74, 6) is -2.00. The minimum Gasteiger partial charge on any atom is -0.321 e. The van der Waals surface area contributed by atoms with Crippen molar-refractivity contribution in [2.75, 3.05) is 5.32 Å². The normalized spacial score (nSPS) is 11.5. The van der Waals surface area contributed by atoms with Gasteiger partial charge in [0.05, 0.1) is 11.1 Å². The van der Waals surface area contributed by atoms with Crippen molar-refractivity contribution in [3.63, 3.8) is 0 Å². The van der Waals surface area contributed by atoms with E-state index in [4.69, 9.17) is 0 Å². The Kier molecular flexibility index (Phi) is 3.97. The standard InChI is InChI=1S/C18H11F4NO/c19-12-8-9-14(15(10-12)18(20,21)22)17(24)23-16-7-3-5-11-4-1-2-6-13(11)16/h1-10H,(H,23,24). The van der Waals surface area contributed by atoms with Gasteiger partial charge >= 0.3 is 6.18 Å². The maximum absolute atomic E-state index is 13.1. The van der Waals surface area contributed by atoms with E-state index in [1.54, 1.807) is 24.3 Å². The molecule has 0 aliphatic rings. The topological polar surface area (TPSA) is 29.1 Å². The van der Waals surface area contributed by atoms with Crippen LogP contribution in [0.25, 0.3) is 10.8 Å². The summed E-state index contributed by atoms with van der Waals surface area (Å²) < 4.78 is 52.2. The largest absolute Gasteiger partial charge is 0.417 e. The van der Waals surface area contributed by atoms with Crippen molar-refractivity contribution in [3.05, 3.63) is 77.6 Å². The zero-order valence-electron chi connectivity index (χ0n) is 12.2. The monoisotopic (exact) mass is 333 g/mol. The lowest BCUT2D eigenvalue weighted by molar-refractivity contribution is -0.138. The van der Waals surface area contributed by atoms with Gasteiger partial charge in [-0.05, 0) is 29.7 Å². The molecule has 3 aromatic carbocycles. The molecule has 0 atom stereocenters. The Morgan fingerprint density at radius 3 is 2.38 bits per heavy atom. The van der Waals surface area contributed by atoms with Crippen LogP contribution in [0.4, 0.5) is 23.2 Å². The average molecular weight is 333 g/mol. The maximum atomic E-state index is 13.1. The summed E-state index contributed by atoms with van der Waals surface area (Å²) in [5, 5.41) is 4.01. The summed E-state index contributed by atoms with van der Waals surface area (Å²) >= 11 is 0. The zero-order chi connectivity index (χ0) is 17.3.